The van der Waals surface area contributed by atoms with E-state index in [4.69, 9.17) is 9.57 Å². The highest BCUT2D eigenvalue weighted by Crippen LogP contribution is 2.55. The van der Waals surface area contributed by atoms with E-state index >= 15 is 0 Å². The van der Waals surface area contributed by atoms with Crippen LogP contribution in [0.4, 0.5) is 0 Å². The first-order valence-electron chi connectivity index (χ1n) is 9.21. The average Bonchev–Trinajstić information content (AvgIpc) is 3.42. The van der Waals surface area contributed by atoms with Crippen LogP contribution in [0.1, 0.15) is 38.3 Å². The number of hydrogen-bond acceptors (Lipinski definition) is 4. The van der Waals surface area contributed by atoms with Crippen LogP contribution in [-0.4, -0.2) is 22.6 Å². The van der Waals surface area contributed by atoms with Gasteiger partial charge in [-0.25, -0.2) is 5.48 Å². The molecule has 1 aliphatic carbocycles. The standard InChI is InChI=1S/C22H25NO5/c1-21(2,3)28-23-19(24)18-13-22(18,20(25)26)16-9-11-17(12-10-16)27-14-15-7-5-4-6-8-15/h4-12,18H,13-14H2,1-3H3,(H,23,24)(H,25,26)/t18-,22-/m0/s1. The molecule has 0 aliphatic heterocycles. The van der Waals surface area contributed by atoms with Crippen molar-refractivity contribution in [2.24, 2.45) is 5.92 Å². The molecule has 2 aromatic rings. The molecule has 0 heterocycles. The number of carbonyl (C=O) groups excluding carboxylic acids is 1. The Hall–Kier alpha value is -2.86. The van der Waals surface area contributed by atoms with Gasteiger partial charge >= 0.3 is 5.97 Å². The number of hydrogen-bond donors (Lipinski definition) is 2. The summed E-state index contributed by atoms with van der Waals surface area (Å²) in [6.45, 7) is 5.84. The van der Waals surface area contributed by atoms with Crippen LogP contribution in [0, 0.1) is 5.92 Å². The van der Waals surface area contributed by atoms with Gasteiger partial charge < -0.3 is 9.84 Å². The summed E-state index contributed by atoms with van der Waals surface area (Å²) in [5.74, 6) is -1.45. The number of amides is 1. The number of hydroxylamine groups is 1. The minimum atomic E-state index is -1.22. The highest BCUT2D eigenvalue weighted by molar-refractivity contribution is 5.97. The molecule has 1 saturated carbocycles. The Bertz CT molecular complexity index is 841. The van der Waals surface area contributed by atoms with Crippen molar-refractivity contribution in [2.45, 2.75) is 44.8 Å². The molecule has 0 unspecified atom stereocenters. The molecule has 0 saturated heterocycles. The third-order valence-electron chi connectivity index (χ3n) is 4.73. The largest absolute Gasteiger partial charge is 0.489 e. The Balaban J connectivity index is 1.67. The van der Waals surface area contributed by atoms with E-state index in [0.717, 1.165) is 5.56 Å². The number of carbonyl (C=O) groups is 2. The molecule has 1 fully saturated rings. The van der Waals surface area contributed by atoms with Crippen LogP contribution in [0.5, 0.6) is 5.75 Å². The second-order valence-corrected chi connectivity index (χ2v) is 8.01. The summed E-state index contributed by atoms with van der Waals surface area (Å²) in [6.07, 6.45) is 0.242. The van der Waals surface area contributed by atoms with E-state index in [9.17, 15) is 14.7 Å². The molecule has 2 N–H and O–H groups in total. The van der Waals surface area contributed by atoms with Gasteiger partial charge in [-0.05, 0) is 50.5 Å². The van der Waals surface area contributed by atoms with Gasteiger partial charge in [0.1, 0.15) is 17.8 Å². The normalized spacial score (nSPS) is 21.0. The first-order chi connectivity index (χ1) is 13.2. The predicted molar refractivity (Wildman–Crippen MR) is 104 cm³/mol. The Morgan fingerprint density at radius 1 is 1.11 bits per heavy atom. The smallest absolute Gasteiger partial charge is 0.314 e. The molecule has 6 nitrogen and oxygen atoms in total. The van der Waals surface area contributed by atoms with Gasteiger partial charge in [0.15, 0.2) is 0 Å². The zero-order valence-electron chi connectivity index (χ0n) is 16.3. The van der Waals surface area contributed by atoms with Gasteiger partial charge in [0.05, 0.1) is 11.5 Å². The second kappa shape index (κ2) is 7.64. The number of carboxylic acids is 1. The molecule has 28 heavy (non-hydrogen) atoms. The first kappa shape index (κ1) is 19.9. The van der Waals surface area contributed by atoms with Crippen LogP contribution in [0.25, 0.3) is 0 Å². The van der Waals surface area contributed by atoms with Gasteiger partial charge in [-0.15, -0.1) is 0 Å². The molecule has 148 valence electrons. The summed E-state index contributed by atoms with van der Waals surface area (Å²) in [5, 5.41) is 9.77. The van der Waals surface area contributed by atoms with E-state index in [0.29, 0.717) is 17.9 Å². The maximum absolute atomic E-state index is 12.3. The third kappa shape index (κ3) is 4.34. The number of nitrogens with one attached hydrogen (secondary N) is 1. The molecule has 6 heteroatoms. The molecule has 0 aromatic heterocycles. The van der Waals surface area contributed by atoms with E-state index in [2.05, 4.69) is 5.48 Å². The maximum Gasteiger partial charge on any atom is 0.314 e. The molecule has 0 spiro atoms. The summed E-state index contributed by atoms with van der Waals surface area (Å²) in [7, 11) is 0. The first-order valence-corrected chi connectivity index (χ1v) is 9.21. The Morgan fingerprint density at radius 3 is 2.32 bits per heavy atom. The van der Waals surface area contributed by atoms with Gasteiger partial charge in [0, 0.05) is 0 Å². The van der Waals surface area contributed by atoms with Crippen molar-refractivity contribution in [3.05, 3.63) is 65.7 Å². The van der Waals surface area contributed by atoms with Crippen LogP contribution in [0.2, 0.25) is 0 Å². The fourth-order valence-corrected chi connectivity index (χ4v) is 3.12. The van der Waals surface area contributed by atoms with Crippen molar-refractivity contribution < 1.29 is 24.3 Å². The quantitative estimate of drug-likeness (QED) is 0.716. The Morgan fingerprint density at radius 2 is 1.75 bits per heavy atom. The zero-order valence-corrected chi connectivity index (χ0v) is 16.3. The van der Waals surface area contributed by atoms with Gasteiger partial charge in [-0.2, -0.15) is 0 Å². The van der Waals surface area contributed by atoms with Crippen molar-refractivity contribution in [2.75, 3.05) is 0 Å². The van der Waals surface area contributed by atoms with Crippen molar-refractivity contribution >= 4 is 11.9 Å². The summed E-state index contributed by atoms with van der Waals surface area (Å²) in [5.41, 5.74) is 2.25. The highest BCUT2D eigenvalue weighted by Gasteiger charge is 2.65. The van der Waals surface area contributed by atoms with E-state index in [-0.39, 0.29) is 6.42 Å². The van der Waals surface area contributed by atoms with E-state index in [1.165, 1.54) is 0 Å². The molecule has 3 rings (SSSR count). The number of aliphatic carboxylic acids is 1. The minimum absolute atomic E-state index is 0.242. The van der Waals surface area contributed by atoms with Crippen LogP contribution in [0.15, 0.2) is 54.6 Å². The Kier molecular flexibility index (Phi) is 5.42. The number of ether oxygens (including phenoxy) is 1. The van der Waals surface area contributed by atoms with Gasteiger partial charge in [0.2, 0.25) is 5.91 Å². The van der Waals surface area contributed by atoms with Crippen LogP contribution >= 0.6 is 0 Å². The average molecular weight is 383 g/mol. The molecule has 0 bridgehead atoms. The topological polar surface area (TPSA) is 84.9 Å². The van der Waals surface area contributed by atoms with Crippen molar-refractivity contribution in [1.29, 1.82) is 0 Å². The van der Waals surface area contributed by atoms with Gasteiger partial charge in [-0.1, -0.05) is 42.5 Å². The fraction of sp³-hybridized carbons (Fsp3) is 0.364. The van der Waals surface area contributed by atoms with Crippen LogP contribution in [0.3, 0.4) is 0 Å². The van der Waals surface area contributed by atoms with Crippen molar-refractivity contribution in [3.8, 4) is 5.75 Å². The zero-order chi connectivity index (χ0) is 20.4. The summed E-state index contributed by atoms with van der Waals surface area (Å²) >= 11 is 0. The van der Waals surface area contributed by atoms with Crippen LogP contribution < -0.4 is 10.2 Å². The lowest BCUT2D eigenvalue weighted by Crippen LogP contribution is -2.37. The second-order valence-electron chi connectivity index (χ2n) is 8.01. The molecular formula is C22H25NO5. The molecule has 1 amide bonds. The van der Waals surface area contributed by atoms with Crippen molar-refractivity contribution in [3.63, 3.8) is 0 Å². The van der Waals surface area contributed by atoms with E-state index < -0.39 is 28.8 Å². The summed E-state index contributed by atoms with van der Waals surface area (Å²) in [6, 6.07) is 16.7. The van der Waals surface area contributed by atoms with E-state index in [1.54, 1.807) is 45.0 Å². The predicted octanol–water partition coefficient (Wildman–Crippen LogP) is 3.45. The van der Waals surface area contributed by atoms with Crippen LogP contribution in [-0.2, 0) is 26.4 Å². The molecular weight excluding hydrogens is 358 g/mol. The maximum atomic E-state index is 12.3. The third-order valence-corrected chi connectivity index (χ3v) is 4.73. The summed E-state index contributed by atoms with van der Waals surface area (Å²) < 4.78 is 5.74. The minimum Gasteiger partial charge on any atom is -0.489 e. The lowest BCUT2D eigenvalue weighted by Gasteiger charge is -2.20. The van der Waals surface area contributed by atoms with Gasteiger partial charge in [-0.3, -0.25) is 14.4 Å². The highest BCUT2D eigenvalue weighted by atomic mass is 16.7. The number of benzene rings is 2. The lowest BCUT2D eigenvalue weighted by molar-refractivity contribution is -0.150. The van der Waals surface area contributed by atoms with Crippen molar-refractivity contribution in [1.82, 2.24) is 5.48 Å². The SMILES string of the molecule is CC(C)(C)ONC(=O)[C@@H]1C[C@]1(C(=O)O)c1ccc(OCc2ccccc2)cc1. The monoisotopic (exact) mass is 383 g/mol. The summed E-state index contributed by atoms with van der Waals surface area (Å²) in [4.78, 5) is 29.6. The molecule has 1 aliphatic rings. The number of carboxylic acid groups (broad SMARTS) is 1. The molecule has 2 aromatic carbocycles. The fourth-order valence-electron chi connectivity index (χ4n) is 3.12. The van der Waals surface area contributed by atoms with Gasteiger partial charge in [0.25, 0.3) is 0 Å². The molecule has 2 atom stereocenters. The van der Waals surface area contributed by atoms with E-state index in [1.807, 2.05) is 30.3 Å². The molecule has 0 radical (unpaired) electrons. The lowest BCUT2D eigenvalue weighted by atomic mass is 9.93. The number of rotatable bonds is 7. The Labute approximate surface area is 164 Å².